The van der Waals surface area contributed by atoms with Crippen molar-refractivity contribution in [1.82, 2.24) is 5.32 Å². The lowest BCUT2D eigenvalue weighted by Crippen LogP contribution is -2.28. The summed E-state index contributed by atoms with van der Waals surface area (Å²) in [4.78, 5) is 12.5. The molecule has 0 spiro atoms. The van der Waals surface area contributed by atoms with Gasteiger partial charge < -0.3 is 20.1 Å². The van der Waals surface area contributed by atoms with Crippen LogP contribution in [-0.4, -0.2) is 44.4 Å². The van der Waals surface area contributed by atoms with Gasteiger partial charge in [0.1, 0.15) is 5.82 Å². The molecule has 2 N–H and O–H groups in total. The van der Waals surface area contributed by atoms with Crippen LogP contribution in [0.15, 0.2) is 18.2 Å². The van der Waals surface area contributed by atoms with Crippen LogP contribution in [0.2, 0.25) is 0 Å². The van der Waals surface area contributed by atoms with E-state index in [-0.39, 0.29) is 12.2 Å². The highest BCUT2D eigenvalue weighted by molar-refractivity contribution is 5.67. The van der Waals surface area contributed by atoms with E-state index in [0.717, 1.165) is 18.5 Å². The summed E-state index contributed by atoms with van der Waals surface area (Å²) in [7, 11) is 1.64. The van der Waals surface area contributed by atoms with Gasteiger partial charge in [0.2, 0.25) is 0 Å². The van der Waals surface area contributed by atoms with Crippen LogP contribution in [0.3, 0.4) is 0 Å². The molecule has 0 aromatic heterocycles. The monoisotopic (exact) mass is 312 g/mol. The number of aliphatic carboxylic acids is 1. The van der Waals surface area contributed by atoms with Gasteiger partial charge >= 0.3 is 5.97 Å². The number of ether oxygens (including phenoxy) is 1. The molecule has 0 heterocycles. The summed E-state index contributed by atoms with van der Waals surface area (Å²) in [5.41, 5.74) is 1.43. The Morgan fingerprint density at radius 2 is 2.18 bits per heavy atom. The number of methoxy groups -OCH3 is 1. The molecule has 0 saturated carbocycles. The third-order valence-corrected chi connectivity index (χ3v) is 3.25. The number of hydrogen-bond donors (Lipinski definition) is 2. The second-order valence-electron chi connectivity index (χ2n) is 5.09. The van der Waals surface area contributed by atoms with E-state index in [9.17, 15) is 9.18 Å². The van der Waals surface area contributed by atoms with Crippen LogP contribution in [0.25, 0.3) is 0 Å². The van der Waals surface area contributed by atoms with Gasteiger partial charge in [-0.25, -0.2) is 4.39 Å². The molecule has 0 amide bonds. The summed E-state index contributed by atoms with van der Waals surface area (Å²) in [6.07, 6.45) is 0.825. The van der Waals surface area contributed by atoms with Gasteiger partial charge in [0.25, 0.3) is 0 Å². The average molecular weight is 312 g/mol. The molecule has 0 fully saturated rings. The molecule has 5 nitrogen and oxygen atoms in total. The third kappa shape index (κ3) is 6.41. The molecule has 0 aliphatic heterocycles. The first-order valence-corrected chi connectivity index (χ1v) is 7.53. The summed E-state index contributed by atoms with van der Waals surface area (Å²) in [5.74, 6) is -1.20. The number of halogens is 1. The van der Waals surface area contributed by atoms with Crippen molar-refractivity contribution in [3.8, 4) is 0 Å². The maximum atomic E-state index is 14.1. The van der Waals surface area contributed by atoms with E-state index < -0.39 is 5.97 Å². The van der Waals surface area contributed by atoms with Gasteiger partial charge in [-0.05, 0) is 24.1 Å². The van der Waals surface area contributed by atoms with Gasteiger partial charge in [0.05, 0.1) is 18.7 Å². The molecule has 124 valence electrons. The lowest BCUT2D eigenvalue weighted by Gasteiger charge is -2.24. The minimum atomic E-state index is -0.876. The summed E-state index contributed by atoms with van der Waals surface area (Å²) < 4.78 is 19.0. The Hall–Kier alpha value is -1.66. The first kappa shape index (κ1) is 18.4. The molecular weight excluding hydrogens is 287 g/mol. The number of nitrogens with zero attached hydrogens (tertiary/aromatic N) is 1. The summed E-state index contributed by atoms with van der Waals surface area (Å²) in [6, 6.07) is 4.96. The van der Waals surface area contributed by atoms with Crippen molar-refractivity contribution >= 4 is 11.7 Å². The number of rotatable bonds is 11. The van der Waals surface area contributed by atoms with Crippen molar-refractivity contribution in [1.29, 1.82) is 0 Å². The zero-order valence-corrected chi connectivity index (χ0v) is 13.3. The highest BCUT2D eigenvalue weighted by atomic mass is 19.1. The molecule has 0 radical (unpaired) electrons. The number of benzene rings is 1. The van der Waals surface area contributed by atoms with Crippen LogP contribution >= 0.6 is 0 Å². The van der Waals surface area contributed by atoms with E-state index in [1.807, 2.05) is 6.92 Å². The van der Waals surface area contributed by atoms with Gasteiger partial charge in [-0.3, -0.25) is 4.79 Å². The summed E-state index contributed by atoms with van der Waals surface area (Å²) in [6.45, 7) is 4.89. The van der Waals surface area contributed by atoms with Gasteiger partial charge in [-0.15, -0.1) is 0 Å². The molecule has 0 aliphatic carbocycles. The number of carboxylic acids is 1. The Bertz CT molecular complexity index is 469. The van der Waals surface area contributed by atoms with Crippen LogP contribution < -0.4 is 10.2 Å². The number of anilines is 1. The smallest absolute Gasteiger partial charge is 0.305 e. The minimum Gasteiger partial charge on any atom is -0.481 e. The Balaban J connectivity index is 2.77. The highest BCUT2D eigenvalue weighted by Crippen LogP contribution is 2.22. The van der Waals surface area contributed by atoms with Gasteiger partial charge in [-0.2, -0.15) is 0 Å². The fourth-order valence-corrected chi connectivity index (χ4v) is 2.17. The van der Waals surface area contributed by atoms with Crippen LogP contribution in [0.5, 0.6) is 0 Å². The molecule has 22 heavy (non-hydrogen) atoms. The van der Waals surface area contributed by atoms with Crippen LogP contribution in [0, 0.1) is 5.82 Å². The molecule has 0 saturated heterocycles. The molecule has 0 aliphatic rings. The summed E-state index contributed by atoms with van der Waals surface area (Å²) >= 11 is 0. The summed E-state index contributed by atoms with van der Waals surface area (Å²) in [5, 5.41) is 12.0. The highest BCUT2D eigenvalue weighted by Gasteiger charge is 2.13. The van der Waals surface area contributed by atoms with E-state index in [0.29, 0.717) is 31.9 Å². The van der Waals surface area contributed by atoms with Crippen LogP contribution in [0.1, 0.15) is 25.3 Å². The third-order valence-electron chi connectivity index (χ3n) is 3.25. The molecular formula is C16H25FN2O3. The van der Waals surface area contributed by atoms with Crippen molar-refractivity contribution in [3.63, 3.8) is 0 Å². The van der Waals surface area contributed by atoms with Crippen molar-refractivity contribution in [2.24, 2.45) is 0 Å². The molecule has 0 unspecified atom stereocenters. The lowest BCUT2D eigenvalue weighted by atomic mass is 10.1. The maximum Gasteiger partial charge on any atom is 0.305 e. The van der Waals surface area contributed by atoms with E-state index in [2.05, 4.69) is 5.32 Å². The number of carboxylic acid groups (broad SMARTS) is 1. The predicted molar refractivity (Wildman–Crippen MR) is 84.7 cm³/mol. The van der Waals surface area contributed by atoms with Crippen LogP contribution in [0.4, 0.5) is 10.1 Å². The Morgan fingerprint density at radius 3 is 2.82 bits per heavy atom. The normalized spacial score (nSPS) is 10.7. The van der Waals surface area contributed by atoms with Crippen molar-refractivity contribution in [2.75, 3.05) is 38.3 Å². The molecule has 0 atom stereocenters. The van der Waals surface area contributed by atoms with E-state index in [4.69, 9.17) is 9.84 Å². The first-order chi connectivity index (χ1) is 10.6. The SMILES string of the molecule is CCCN(CCC(=O)O)c1cc(CNCCOC)ccc1F. The van der Waals surface area contributed by atoms with Gasteiger partial charge in [-0.1, -0.05) is 13.0 Å². The van der Waals surface area contributed by atoms with Crippen molar-refractivity contribution < 1.29 is 19.0 Å². The van der Waals surface area contributed by atoms with E-state index in [1.54, 1.807) is 24.1 Å². The molecule has 1 aromatic carbocycles. The molecule has 1 aromatic rings. The first-order valence-electron chi connectivity index (χ1n) is 7.53. The number of hydrogen-bond acceptors (Lipinski definition) is 4. The fourth-order valence-electron chi connectivity index (χ4n) is 2.17. The Kier molecular flexibility index (Phi) is 8.47. The predicted octanol–water partition coefficient (Wildman–Crippen LogP) is 2.25. The van der Waals surface area contributed by atoms with Gasteiger partial charge in [0, 0.05) is 33.3 Å². The van der Waals surface area contributed by atoms with Gasteiger partial charge in [0.15, 0.2) is 0 Å². The Morgan fingerprint density at radius 1 is 1.41 bits per heavy atom. The van der Waals surface area contributed by atoms with E-state index >= 15 is 0 Å². The zero-order valence-electron chi connectivity index (χ0n) is 13.3. The standard InChI is InChI=1S/C16H25FN2O3/c1-3-8-19(9-6-16(20)21)15-11-13(4-5-14(15)17)12-18-7-10-22-2/h4-5,11,18H,3,6-10,12H2,1-2H3,(H,20,21). The maximum absolute atomic E-state index is 14.1. The topological polar surface area (TPSA) is 61.8 Å². The largest absolute Gasteiger partial charge is 0.481 e. The molecule has 1 rings (SSSR count). The number of carbonyl (C=O) groups is 1. The second kappa shape index (κ2) is 10.1. The van der Waals surface area contributed by atoms with Crippen molar-refractivity contribution in [2.45, 2.75) is 26.3 Å². The second-order valence-corrected chi connectivity index (χ2v) is 5.09. The Labute approximate surface area is 131 Å². The molecule has 6 heteroatoms. The zero-order chi connectivity index (χ0) is 16.4. The quantitative estimate of drug-likeness (QED) is 0.614. The van der Waals surface area contributed by atoms with E-state index in [1.165, 1.54) is 6.07 Å². The minimum absolute atomic E-state index is 0.00421. The fraction of sp³-hybridized carbons (Fsp3) is 0.562. The average Bonchev–Trinajstić information content (AvgIpc) is 2.49. The number of nitrogens with one attached hydrogen (secondary N) is 1. The van der Waals surface area contributed by atoms with Crippen LogP contribution in [-0.2, 0) is 16.1 Å². The molecule has 0 bridgehead atoms. The lowest BCUT2D eigenvalue weighted by molar-refractivity contribution is -0.136. The van der Waals surface area contributed by atoms with Crippen molar-refractivity contribution in [3.05, 3.63) is 29.6 Å².